The van der Waals surface area contributed by atoms with E-state index in [1.54, 1.807) is 30.0 Å². The van der Waals surface area contributed by atoms with Crippen molar-refractivity contribution < 1.29 is 9.53 Å². The number of methoxy groups -OCH3 is 1. The number of carbonyl (C=O) groups is 1. The highest BCUT2D eigenvalue weighted by atomic mass is 32.2. The Balaban J connectivity index is 1.44. The van der Waals surface area contributed by atoms with E-state index < -0.39 is 0 Å². The van der Waals surface area contributed by atoms with Gasteiger partial charge in [-0.25, -0.2) is 9.97 Å². The summed E-state index contributed by atoms with van der Waals surface area (Å²) in [5, 5.41) is 4.15. The van der Waals surface area contributed by atoms with Crippen molar-refractivity contribution in [2.24, 2.45) is 17.8 Å². The molecule has 4 atom stereocenters. The van der Waals surface area contributed by atoms with Gasteiger partial charge in [0.15, 0.2) is 10.8 Å². The van der Waals surface area contributed by atoms with E-state index in [4.69, 9.17) is 4.74 Å². The average Bonchev–Trinajstić information content (AvgIpc) is 3.35. The number of nitrogens with one attached hydrogen (secondary N) is 1. The number of carbonyl (C=O) groups excluding carboxylic acids is 1. The Hall–Kier alpha value is -1.93. The van der Waals surface area contributed by atoms with Crippen molar-refractivity contribution in [2.75, 3.05) is 19.5 Å². The number of thioether (sulfide) groups is 1. The average molecular weight is 417 g/mol. The highest BCUT2D eigenvalue weighted by Crippen LogP contribution is 2.49. The molecule has 7 nitrogen and oxygen atoms in total. The third-order valence-electron chi connectivity index (χ3n) is 6.37. The van der Waals surface area contributed by atoms with E-state index in [0.717, 1.165) is 11.8 Å². The summed E-state index contributed by atoms with van der Waals surface area (Å²) in [7, 11) is 1.60. The van der Waals surface area contributed by atoms with E-state index in [0.29, 0.717) is 35.3 Å². The van der Waals surface area contributed by atoms with Crippen molar-refractivity contribution in [3.8, 4) is 0 Å². The quantitative estimate of drug-likeness (QED) is 0.526. The number of aromatic nitrogens is 3. The Morgan fingerprint density at radius 3 is 3.00 bits per heavy atom. The Kier molecular flexibility index (Phi) is 6.20. The van der Waals surface area contributed by atoms with E-state index in [-0.39, 0.29) is 23.3 Å². The van der Waals surface area contributed by atoms with E-state index in [1.807, 2.05) is 0 Å². The maximum Gasteiger partial charge on any atom is 0.263 e. The van der Waals surface area contributed by atoms with E-state index in [9.17, 15) is 9.59 Å². The first-order valence-electron chi connectivity index (χ1n) is 10.3. The van der Waals surface area contributed by atoms with Crippen LogP contribution in [0.1, 0.15) is 32.6 Å². The highest BCUT2D eigenvalue weighted by molar-refractivity contribution is 7.99. The van der Waals surface area contributed by atoms with Crippen LogP contribution in [0.25, 0.3) is 11.0 Å². The van der Waals surface area contributed by atoms with Crippen LogP contribution < -0.4 is 10.9 Å². The Morgan fingerprint density at radius 2 is 2.28 bits per heavy atom. The van der Waals surface area contributed by atoms with E-state index in [1.165, 1.54) is 37.4 Å². The molecule has 2 saturated carbocycles. The summed E-state index contributed by atoms with van der Waals surface area (Å²) in [6.45, 7) is 2.91. The lowest BCUT2D eigenvalue weighted by Crippen LogP contribution is -2.41. The van der Waals surface area contributed by atoms with Gasteiger partial charge in [-0.15, -0.1) is 0 Å². The van der Waals surface area contributed by atoms with Crippen molar-refractivity contribution in [3.63, 3.8) is 0 Å². The van der Waals surface area contributed by atoms with E-state index in [2.05, 4.69) is 22.2 Å². The molecule has 2 aliphatic rings. The second kappa shape index (κ2) is 8.83. The Morgan fingerprint density at radius 1 is 1.41 bits per heavy atom. The molecule has 2 aromatic rings. The number of pyridine rings is 1. The molecule has 4 unspecified atom stereocenters. The van der Waals surface area contributed by atoms with Gasteiger partial charge < -0.3 is 10.1 Å². The molecule has 29 heavy (non-hydrogen) atoms. The minimum absolute atomic E-state index is 0.0149. The minimum atomic E-state index is -0.154. The maximum atomic E-state index is 12.8. The van der Waals surface area contributed by atoms with Gasteiger partial charge in [-0.3, -0.25) is 14.2 Å². The lowest BCUT2D eigenvalue weighted by molar-refractivity contribution is -0.119. The second-order valence-electron chi connectivity index (χ2n) is 8.20. The molecule has 4 rings (SSSR count). The van der Waals surface area contributed by atoms with Gasteiger partial charge in [0.1, 0.15) is 0 Å². The molecule has 2 fully saturated rings. The number of fused-ring (bicyclic) bond motifs is 3. The molecule has 2 heterocycles. The molecular formula is C21H28N4O3S. The van der Waals surface area contributed by atoms with Crippen LogP contribution in [0.4, 0.5) is 0 Å². The zero-order valence-corrected chi connectivity index (χ0v) is 17.8. The predicted molar refractivity (Wildman–Crippen MR) is 113 cm³/mol. The summed E-state index contributed by atoms with van der Waals surface area (Å²) in [5.41, 5.74) is 0.253. The first-order chi connectivity index (χ1) is 14.1. The van der Waals surface area contributed by atoms with Crippen LogP contribution in [0.2, 0.25) is 0 Å². The van der Waals surface area contributed by atoms with Crippen LogP contribution >= 0.6 is 11.8 Å². The van der Waals surface area contributed by atoms with Crippen molar-refractivity contribution in [1.29, 1.82) is 0 Å². The van der Waals surface area contributed by atoms with Crippen molar-refractivity contribution in [3.05, 3.63) is 28.7 Å². The number of ether oxygens (including phenoxy) is 1. The Labute approximate surface area is 174 Å². The third-order valence-corrected chi connectivity index (χ3v) is 7.35. The molecule has 2 bridgehead atoms. The summed E-state index contributed by atoms with van der Waals surface area (Å²) in [6.07, 6.45) is 6.86. The van der Waals surface area contributed by atoms with Crippen LogP contribution in [0.3, 0.4) is 0 Å². The monoisotopic (exact) mass is 416 g/mol. The minimum Gasteiger partial charge on any atom is -0.383 e. The fourth-order valence-corrected chi connectivity index (χ4v) is 5.79. The van der Waals surface area contributed by atoms with Gasteiger partial charge >= 0.3 is 0 Å². The van der Waals surface area contributed by atoms with Crippen LogP contribution in [0, 0.1) is 17.8 Å². The maximum absolute atomic E-state index is 12.8. The molecule has 1 N–H and O–H groups in total. The van der Waals surface area contributed by atoms with Crippen LogP contribution in [-0.4, -0.2) is 46.0 Å². The molecule has 0 radical (unpaired) electrons. The molecule has 156 valence electrons. The van der Waals surface area contributed by atoms with Crippen molar-refractivity contribution >= 4 is 28.7 Å². The molecular weight excluding hydrogens is 388 g/mol. The van der Waals surface area contributed by atoms with Crippen LogP contribution in [-0.2, 0) is 16.1 Å². The van der Waals surface area contributed by atoms with Crippen molar-refractivity contribution in [1.82, 2.24) is 19.9 Å². The molecule has 1 amide bonds. The predicted octanol–water partition coefficient (Wildman–Crippen LogP) is 2.47. The number of hydrogen-bond acceptors (Lipinski definition) is 6. The summed E-state index contributed by atoms with van der Waals surface area (Å²) in [4.78, 5) is 34.1. The van der Waals surface area contributed by atoms with Crippen molar-refractivity contribution in [2.45, 2.75) is 50.4 Å². The lowest BCUT2D eigenvalue weighted by atomic mass is 9.84. The van der Waals surface area contributed by atoms with Crippen LogP contribution in [0.5, 0.6) is 0 Å². The first kappa shape index (κ1) is 20.3. The van der Waals surface area contributed by atoms with Gasteiger partial charge in [0.25, 0.3) is 5.56 Å². The summed E-state index contributed by atoms with van der Waals surface area (Å²) in [6, 6.07) is 3.64. The summed E-state index contributed by atoms with van der Waals surface area (Å²) < 4.78 is 6.71. The standard InChI is InChI=1S/C21H28N4O3S/c1-13(17-11-14-5-6-15(17)10-14)23-18(26)12-29-21-24-19-16(4-3-7-22-19)20(27)25(21)8-9-28-2/h3-4,7,13-15,17H,5-6,8-12H2,1-2H3,(H,23,26). The molecule has 0 aliphatic heterocycles. The van der Waals surface area contributed by atoms with E-state index >= 15 is 0 Å². The highest BCUT2D eigenvalue weighted by Gasteiger charge is 2.42. The number of hydrogen-bond donors (Lipinski definition) is 1. The molecule has 8 heteroatoms. The fourth-order valence-electron chi connectivity index (χ4n) is 4.97. The third kappa shape index (κ3) is 4.33. The van der Waals surface area contributed by atoms with Gasteiger partial charge in [0.05, 0.1) is 24.3 Å². The van der Waals surface area contributed by atoms with Gasteiger partial charge in [0, 0.05) is 19.3 Å². The second-order valence-corrected chi connectivity index (χ2v) is 9.14. The SMILES string of the molecule is COCCn1c(SCC(=O)NC(C)C2CC3CCC2C3)nc2ncccc2c1=O. The summed E-state index contributed by atoms with van der Waals surface area (Å²) >= 11 is 1.28. The first-order valence-corrected chi connectivity index (χ1v) is 11.3. The van der Waals surface area contributed by atoms with Gasteiger partial charge in [-0.2, -0.15) is 0 Å². The van der Waals surface area contributed by atoms with Gasteiger partial charge in [-0.05, 0) is 56.1 Å². The van der Waals surface area contributed by atoms with Gasteiger partial charge in [-0.1, -0.05) is 18.2 Å². The van der Waals surface area contributed by atoms with Gasteiger partial charge in [0.2, 0.25) is 5.91 Å². The largest absolute Gasteiger partial charge is 0.383 e. The normalized spacial score (nSPS) is 24.1. The number of nitrogens with zero attached hydrogens (tertiary/aromatic N) is 3. The summed E-state index contributed by atoms with van der Waals surface area (Å²) in [5.74, 6) is 2.45. The molecule has 2 aromatic heterocycles. The van der Waals surface area contributed by atoms with Crippen LogP contribution in [0.15, 0.2) is 28.3 Å². The lowest BCUT2D eigenvalue weighted by Gasteiger charge is -2.28. The molecule has 2 aliphatic carbocycles. The smallest absolute Gasteiger partial charge is 0.263 e. The fraction of sp³-hybridized carbons (Fsp3) is 0.619. The Bertz CT molecular complexity index is 947. The molecule has 0 saturated heterocycles. The molecule has 0 aromatic carbocycles. The number of rotatable bonds is 8. The zero-order valence-electron chi connectivity index (χ0n) is 17.0. The molecule has 0 spiro atoms. The zero-order chi connectivity index (χ0) is 20.4. The topological polar surface area (TPSA) is 86.1 Å². The number of amides is 1.